The molecule has 0 aliphatic rings. The second-order valence-electron chi connectivity index (χ2n) is 3.29. The van der Waals surface area contributed by atoms with Crippen LogP contribution in [-0.2, 0) is 0 Å². The van der Waals surface area contributed by atoms with Gasteiger partial charge in [-0.1, -0.05) is 24.3 Å². The van der Waals surface area contributed by atoms with E-state index in [1.807, 2.05) is 43.3 Å². The summed E-state index contributed by atoms with van der Waals surface area (Å²) in [6.45, 7) is 2.48. The number of rotatable bonds is 3. The molecule has 2 nitrogen and oxygen atoms in total. The zero-order valence-electron chi connectivity index (χ0n) is 8.57. The van der Waals surface area contributed by atoms with E-state index >= 15 is 0 Å². The SMILES string of the molecule is CCOc1cc2ccccc2cc1C=O. The van der Waals surface area contributed by atoms with E-state index in [4.69, 9.17) is 4.74 Å². The Bertz CT molecular complexity index is 489. The lowest BCUT2D eigenvalue weighted by molar-refractivity contribution is 0.112. The number of ether oxygens (including phenoxy) is 1. The van der Waals surface area contributed by atoms with Crippen molar-refractivity contribution in [2.45, 2.75) is 6.92 Å². The largest absolute Gasteiger partial charge is 0.493 e. The van der Waals surface area contributed by atoms with Gasteiger partial charge in [0.15, 0.2) is 6.29 Å². The summed E-state index contributed by atoms with van der Waals surface area (Å²) in [6, 6.07) is 11.7. The lowest BCUT2D eigenvalue weighted by Gasteiger charge is -2.07. The van der Waals surface area contributed by atoms with Crippen LogP contribution in [0.2, 0.25) is 0 Å². The molecule has 0 bridgehead atoms. The number of benzene rings is 2. The van der Waals surface area contributed by atoms with E-state index in [-0.39, 0.29) is 0 Å². The molecule has 2 rings (SSSR count). The lowest BCUT2D eigenvalue weighted by atomic mass is 10.1. The summed E-state index contributed by atoms with van der Waals surface area (Å²) in [6.07, 6.45) is 0.831. The molecule has 2 heteroatoms. The summed E-state index contributed by atoms with van der Waals surface area (Å²) in [5.74, 6) is 0.659. The first-order chi connectivity index (χ1) is 7.35. The average molecular weight is 200 g/mol. The van der Waals surface area contributed by atoms with Gasteiger partial charge in [0.2, 0.25) is 0 Å². The van der Waals surface area contributed by atoms with Gasteiger partial charge >= 0.3 is 0 Å². The van der Waals surface area contributed by atoms with Gasteiger partial charge in [0.1, 0.15) is 5.75 Å². The first-order valence-electron chi connectivity index (χ1n) is 4.96. The molecule has 0 N–H and O–H groups in total. The average Bonchev–Trinajstić information content (AvgIpc) is 2.28. The van der Waals surface area contributed by atoms with Gasteiger partial charge in [-0.3, -0.25) is 4.79 Å². The van der Waals surface area contributed by atoms with Crippen LogP contribution in [0.4, 0.5) is 0 Å². The third-order valence-electron chi connectivity index (χ3n) is 2.30. The van der Waals surface area contributed by atoms with Crippen LogP contribution in [0.1, 0.15) is 17.3 Å². The minimum Gasteiger partial charge on any atom is -0.493 e. The van der Waals surface area contributed by atoms with Crippen molar-refractivity contribution in [3.05, 3.63) is 42.0 Å². The van der Waals surface area contributed by atoms with Crippen molar-refractivity contribution in [1.82, 2.24) is 0 Å². The molecule has 0 radical (unpaired) electrons. The fourth-order valence-electron chi connectivity index (χ4n) is 1.61. The molecule has 0 atom stereocenters. The molecule has 0 unspecified atom stereocenters. The maximum atomic E-state index is 10.9. The predicted octanol–water partition coefficient (Wildman–Crippen LogP) is 3.05. The Morgan fingerprint density at radius 3 is 2.47 bits per heavy atom. The van der Waals surface area contributed by atoms with Crippen LogP contribution in [0.5, 0.6) is 5.75 Å². The summed E-state index contributed by atoms with van der Waals surface area (Å²) in [5.41, 5.74) is 0.607. The van der Waals surface area contributed by atoms with Crippen molar-refractivity contribution < 1.29 is 9.53 Å². The molecule has 0 amide bonds. The van der Waals surface area contributed by atoms with Gasteiger partial charge in [-0.2, -0.15) is 0 Å². The molecular weight excluding hydrogens is 188 g/mol. The molecule has 0 saturated carbocycles. The Morgan fingerprint density at radius 2 is 1.87 bits per heavy atom. The van der Waals surface area contributed by atoms with Crippen LogP contribution in [0.15, 0.2) is 36.4 Å². The van der Waals surface area contributed by atoms with Gasteiger partial charge in [-0.05, 0) is 29.8 Å². The van der Waals surface area contributed by atoms with Crippen LogP contribution >= 0.6 is 0 Å². The van der Waals surface area contributed by atoms with E-state index in [1.165, 1.54) is 0 Å². The van der Waals surface area contributed by atoms with Gasteiger partial charge in [0.05, 0.1) is 12.2 Å². The van der Waals surface area contributed by atoms with Crippen LogP contribution in [-0.4, -0.2) is 12.9 Å². The highest BCUT2D eigenvalue weighted by Crippen LogP contribution is 2.24. The molecule has 2 aromatic carbocycles. The highest BCUT2D eigenvalue weighted by Gasteiger charge is 2.04. The number of carbonyl (C=O) groups excluding carboxylic acids is 1. The van der Waals surface area contributed by atoms with Crippen molar-refractivity contribution >= 4 is 17.1 Å². The monoisotopic (exact) mass is 200 g/mol. The highest BCUT2D eigenvalue weighted by atomic mass is 16.5. The first kappa shape index (κ1) is 9.71. The predicted molar refractivity (Wildman–Crippen MR) is 60.5 cm³/mol. The van der Waals surface area contributed by atoms with E-state index in [0.29, 0.717) is 17.9 Å². The molecule has 0 aliphatic heterocycles. The Kier molecular flexibility index (Phi) is 2.68. The van der Waals surface area contributed by atoms with E-state index in [0.717, 1.165) is 17.1 Å². The van der Waals surface area contributed by atoms with Crippen molar-refractivity contribution in [3.8, 4) is 5.75 Å². The molecule has 0 spiro atoms. The quantitative estimate of drug-likeness (QED) is 0.712. The Balaban J connectivity index is 2.63. The molecular formula is C13H12O2. The summed E-state index contributed by atoms with van der Waals surface area (Å²) in [5, 5.41) is 2.15. The van der Waals surface area contributed by atoms with Gasteiger partial charge in [0.25, 0.3) is 0 Å². The van der Waals surface area contributed by atoms with E-state index in [2.05, 4.69) is 0 Å². The second-order valence-corrected chi connectivity index (χ2v) is 3.29. The second kappa shape index (κ2) is 4.13. The standard InChI is InChI=1S/C13H12O2/c1-2-15-13-8-11-6-4-3-5-10(11)7-12(13)9-14/h3-9H,2H2,1H3. The number of aldehydes is 1. The Hall–Kier alpha value is -1.83. The molecule has 0 aromatic heterocycles. The normalized spacial score (nSPS) is 10.2. The summed E-state index contributed by atoms with van der Waals surface area (Å²) in [7, 11) is 0. The maximum Gasteiger partial charge on any atom is 0.153 e. The number of carbonyl (C=O) groups is 1. The van der Waals surface area contributed by atoms with Gasteiger partial charge in [-0.25, -0.2) is 0 Å². The molecule has 2 aromatic rings. The highest BCUT2D eigenvalue weighted by molar-refractivity contribution is 5.92. The molecule has 76 valence electrons. The van der Waals surface area contributed by atoms with Crippen LogP contribution in [0.25, 0.3) is 10.8 Å². The van der Waals surface area contributed by atoms with Crippen LogP contribution in [0.3, 0.4) is 0 Å². The zero-order valence-corrected chi connectivity index (χ0v) is 8.57. The summed E-state index contributed by atoms with van der Waals surface area (Å²) < 4.78 is 5.40. The topological polar surface area (TPSA) is 26.3 Å². The molecule has 0 aliphatic carbocycles. The van der Waals surface area contributed by atoms with E-state index in [1.54, 1.807) is 0 Å². The zero-order chi connectivity index (χ0) is 10.7. The minimum atomic E-state index is 0.569. The van der Waals surface area contributed by atoms with Crippen molar-refractivity contribution in [2.24, 2.45) is 0 Å². The number of hydrogen-bond donors (Lipinski definition) is 0. The lowest BCUT2D eigenvalue weighted by Crippen LogP contribution is -1.95. The number of hydrogen-bond acceptors (Lipinski definition) is 2. The molecule has 0 fully saturated rings. The van der Waals surface area contributed by atoms with E-state index < -0.39 is 0 Å². The van der Waals surface area contributed by atoms with Gasteiger partial charge in [-0.15, -0.1) is 0 Å². The fraction of sp³-hybridized carbons (Fsp3) is 0.154. The smallest absolute Gasteiger partial charge is 0.153 e. The summed E-state index contributed by atoms with van der Waals surface area (Å²) >= 11 is 0. The van der Waals surface area contributed by atoms with Crippen LogP contribution < -0.4 is 4.74 Å². The maximum absolute atomic E-state index is 10.9. The van der Waals surface area contributed by atoms with E-state index in [9.17, 15) is 4.79 Å². The van der Waals surface area contributed by atoms with Crippen LogP contribution in [0, 0.1) is 0 Å². The van der Waals surface area contributed by atoms with Gasteiger partial charge < -0.3 is 4.74 Å². The Labute approximate surface area is 88.5 Å². The first-order valence-corrected chi connectivity index (χ1v) is 4.96. The van der Waals surface area contributed by atoms with Gasteiger partial charge in [0, 0.05) is 0 Å². The molecule has 15 heavy (non-hydrogen) atoms. The van der Waals surface area contributed by atoms with Crippen molar-refractivity contribution in [3.63, 3.8) is 0 Å². The van der Waals surface area contributed by atoms with Crippen molar-refractivity contribution in [2.75, 3.05) is 6.61 Å². The number of fused-ring (bicyclic) bond motifs is 1. The van der Waals surface area contributed by atoms with Crippen molar-refractivity contribution in [1.29, 1.82) is 0 Å². The fourth-order valence-corrected chi connectivity index (χ4v) is 1.61. The third kappa shape index (κ3) is 1.84. The minimum absolute atomic E-state index is 0.569. The summed E-state index contributed by atoms with van der Waals surface area (Å²) in [4.78, 5) is 10.9. The molecule has 0 heterocycles. The third-order valence-corrected chi connectivity index (χ3v) is 2.30. The Morgan fingerprint density at radius 1 is 1.20 bits per heavy atom. The molecule has 0 saturated heterocycles.